The van der Waals surface area contributed by atoms with E-state index in [4.69, 9.17) is 9.26 Å². The fraction of sp³-hybridized carbons (Fsp3) is 0.500. The third-order valence-corrected chi connectivity index (χ3v) is 4.04. The summed E-state index contributed by atoms with van der Waals surface area (Å²) in [7, 11) is 1.73. The highest BCUT2D eigenvalue weighted by atomic mass is 16.5. The first-order valence-electron chi connectivity index (χ1n) is 8.60. The number of benzene rings is 1. The Kier molecular flexibility index (Phi) is 5.53. The average Bonchev–Trinajstić information content (AvgIpc) is 3.35. The van der Waals surface area contributed by atoms with Crippen molar-refractivity contribution in [3.05, 3.63) is 41.0 Å². The zero-order valence-corrected chi connectivity index (χ0v) is 15.0. The Morgan fingerprint density at radius 2 is 2.08 bits per heavy atom. The van der Waals surface area contributed by atoms with Crippen molar-refractivity contribution >= 4 is 5.96 Å². The molecular formula is C18H25N5O2. The van der Waals surface area contributed by atoms with Crippen LogP contribution in [0.3, 0.4) is 0 Å². The number of hydrogen-bond donors (Lipinski definition) is 2. The topological polar surface area (TPSA) is 84.6 Å². The fourth-order valence-corrected chi connectivity index (χ4v) is 2.41. The molecule has 3 rings (SSSR count). The Balaban J connectivity index is 1.55. The van der Waals surface area contributed by atoms with Crippen molar-refractivity contribution in [2.75, 3.05) is 13.7 Å². The molecule has 1 heterocycles. The SMILES string of the molecule is CN=C(NCc1nc(C)no1)NCc1ccc(C)cc1OCC1CC1. The normalized spacial score (nSPS) is 14.4. The molecule has 0 saturated heterocycles. The van der Waals surface area contributed by atoms with Crippen molar-refractivity contribution in [3.8, 4) is 5.75 Å². The molecule has 0 amide bonds. The van der Waals surface area contributed by atoms with E-state index in [1.54, 1.807) is 14.0 Å². The summed E-state index contributed by atoms with van der Waals surface area (Å²) in [6.07, 6.45) is 2.57. The summed E-state index contributed by atoms with van der Waals surface area (Å²) < 4.78 is 11.1. The summed E-state index contributed by atoms with van der Waals surface area (Å²) in [6, 6.07) is 6.29. The van der Waals surface area contributed by atoms with Crippen LogP contribution in [0, 0.1) is 19.8 Å². The van der Waals surface area contributed by atoms with Crippen molar-refractivity contribution in [3.63, 3.8) is 0 Å². The van der Waals surface area contributed by atoms with Crippen LogP contribution in [0.25, 0.3) is 0 Å². The van der Waals surface area contributed by atoms with Gasteiger partial charge in [0.2, 0.25) is 5.89 Å². The molecule has 1 aliphatic carbocycles. The summed E-state index contributed by atoms with van der Waals surface area (Å²) in [5.41, 5.74) is 2.31. The molecule has 2 N–H and O–H groups in total. The maximum atomic E-state index is 6.01. The Bertz CT molecular complexity index is 737. The molecule has 1 aromatic carbocycles. The number of nitrogens with zero attached hydrogens (tertiary/aromatic N) is 3. The molecular weight excluding hydrogens is 318 g/mol. The van der Waals surface area contributed by atoms with Gasteiger partial charge in [-0.2, -0.15) is 4.98 Å². The van der Waals surface area contributed by atoms with Gasteiger partial charge < -0.3 is 19.9 Å². The van der Waals surface area contributed by atoms with E-state index in [9.17, 15) is 0 Å². The molecule has 0 radical (unpaired) electrons. The van der Waals surface area contributed by atoms with Crippen LogP contribution in [0.2, 0.25) is 0 Å². The van der Waals surface area contributed by atoms with Gasteiger partial charge in [-0.15, -0.1) is 0 Å². The van der Waals surface area contributed by atoms with Crippen LogP contribution in [0.4, 0.5) is 0 Å². The second-order valence-corrected chi connectivity index (χ2v) is 6.38. The molecule has 0 unspecified atom stereocenters. The minimum absolute atomic E-state index is 0.430. The predicted octanol–water partition coefficient (Wildman–Crippen LogP) is 2.34. The molecule has 0 aliphatic heterocycles. The number of ether oxygens (including phenoxy) is 1. The summed E-state index contributed by atoms with van der Waals surface area (Å²) in [5, 5.41) is 10.2. The molecule has 1 fully saturated rings. The fourth-order valence-electron chi connectivity index (χ4n) is 2.41. The Labute approximate surface area is 147 Å². The highest BCUT2D eigenvalue weighted by Crippen LogP contribution is 2.30. The maximum Gasteiger partial charge on any atom is 0.246 e. The van der Waals surface area contributed by atoms with Gasteiger partial charge in [-0.3, -0.25) is 4.99 Å². The highest BCUT2D eigenvalue weighted by Gasteiger charge is 2.22. The van der Waals surface area contributed by atoms with Gasteiger partial charge >= 0.3 is 0 Å². The van der Waals surface area contributed by atoms with Gasteiger partial charge in [-0.1, -0.05) is 17.3 Å². The van der Waals surface area contributed by atoms with Crippen LogP contribution in [0.15, 0.2) is 27.7 Å². The molecule has 25 heavy (non-hydrogen) atoms. The van der Waals surface area contributed by atoms with Crippen LogP contribution in [-0.2, 0) is 13.1 Å². The Hall–Kier alpha value is -2.57. The van der Waals surface area contributed by atoms with Gasteiger partial charge in [-0.25, -0.2) is 0 Å². The van der Waals surface area contributed by atoms with Crippen molar-refractivity contribution in [1.29, 1.82) is 0 Å². The van der Waals surface area contributed by atoms with E-state index in [1.165, 1.54) is 18.4 Å². The number of hydrogen-bond acceptors (Lipinski definition) is 5. The predicted molar refractivity (Wildman–Crippen MR) is 95.5 cm³/mol. The summed E-state index contributed by atoms with van der Waals surface area (Å²) in [6.45, 7) is 5.73. The first-order chi connectivity index (χ1) is 12.1. The average molecular weight is 343 g/mol. The second-order valence-electron chi connectivity index (χ2n) is 6.38. The van der Waals surface area contributed by atoms with Crippen LogP contribution in [0.5, 0.6) is 5.75 Å². The Morgan fingerprint density at radius 1 is 1.28 bits per heavy atom. The first-order valence-corrected chi connectivity index (χ1v) is 8.60. The number of rotatable bonds is 7. The molecule has 1 aliphatic rings. The van der Waals surface area contributed by atoms with E-state index in [-0.39, 0.29) is 0 Å². The summed E-state index contributed by atoms with van der Waals surface area (Å²) >= 11 is 0. The second kappa shape index (κ2) is 8.00. The standard InChI is InChI=1S/C18H25N5O2/c1-12-4-7-15(16(8-12)24-11-14-5-6-14)9-20-18(19-3)21-10-17-22-13(2)23-25-17/h4,7-8,14H,5-6,9-11H2,1-3H3,(H2,19,20,21). The van der Waals surface area contributed by atoms with E-state index in [0.29, 0.717) is 30.8 Å². The molecule has 134 valence electrons. The van der Waals surface area contributed by atoms with E-state index >= 15 is 0 Å². The highest BCUT2D eigenvalue weighted by molar-refractivity contribution is 5.79. The van der Waals surface area contributed by atoms with Crippen molar-refractivity contribution < 1.29 is 9.26 Å². The van der Waals surface area contributed by atoms with Crippen LogP contribution in [-0.4, -0.2) is 29.8 Å². The molecule has 0 bridgehead atoms. The van der Waals surface area contributed by atoms with E-state index in [1.807, 2.05) is 0 Å². The first kappa shape index (κ1) is 17.3. The van der Waals surface area contributed by atoms with Crippen molar-refractivity contribution in [1.82, 2.24) is 20.8 Å². The van der Waals surface area contributed by atoms with Gasteiger partial charge in [0.25, 0.3) is 0 Å². The number of guanidine groups is 1. The molecule has 7 heteroatoms. The van der Waals surface area contributed by atoms with Gasteiger partial charge in [0.1, 0.15) is 5.75 Å². The number of aliphatic imine (C=N–C) groups is 1. The zero-order chi connectivity index (χ0) is 17.6. The number of nitrogens with one attached hydrogen (secondary N) is 2. The molecule has 0 spiro atoms. The Morgan fingerprint density at radius 3 is 2.76 bits per heavy atom. The largest absolute Gasteiger partial charge is 0.493 e. The molecule has 2 aromatic rings. The lowest BCUT2D eigenvalue weighted by Gasteiger charge is -2.15. The number of aromatic nitrogens is 2. The minimum atomic E-state index is 0.430. The van der Waals surface area contributed by atoms with E-state index < -0.39 is 0 Å². The summed E-state index contributed by atoms with van der Waals surface area (Å²) in [5.74, 6) is 3.50. The minimum Gasteiger partial charge on any atom is -0.493 e. The summed E-state index contributed by atoms with van der Waals surface area (Å²) in [4.78, 5) is 8.38. The van der Waals surface area contributed by atoms with Crippen molar-refractivity contribution in [2.24, 2.45) is 10.9 Å². The van der Waals surface area contributed by atoms with Crippen molar-refractivity contribution in [2.45, 2.75) is 39.8 Å². The van der Waals surface area contributed by atoms with Gasteiger partial charge in [-0.05, 0) is 44.2 Å². The van der Waals surface area contributed by atoms with Crippen LogP contribution in [0.1, 0.15) is 35.7 Å². The van der Waals surface area contributed by atoms with E-state index in [0.717, 1.165) is 23.8 Å². The third-order valence-electron chi connectivity index (χ3n) is 4.04. The van der Waals surface area contributed by atoms with Gasteiger partial charge in [0, 0.05) is 19.2 Å². The van der Waals surface area contributed by atoms with Crippen LogP contribution >= 0.6 is 0 Å². The lowest BCUT2D eigenvalue weighted by Crippen LogP contribution is -2.36. The monoisotopic (exact) mass is 343 g/mol. The lowest BCUT2D eigenvalue weighted by molar-refractivity contribution is 0.296. The molecule has 0 atom stereocenters. The zero-order valence-electron chi connectivity index (χ0n) is 15.0. The third kappa shape index (κ3) is 5.20. The van der Waals surface area contributed by atoms with Gasteiger partial charge in [0.05, 0.1) is 13.2 Å². The number of aryl methyl sites for hydroxylation is 2. The van der Waals surface area contributed by atoms with Gasteiger partial charge in [0.15, 0.2) is 11.8 Å². The molecule has 1 aromatic heterocycles. The van der Waals surface area contributed by atoms with E-state index in [2.05, 4.69) is 50.9 Å². The molecule has 7 nitrogen and oxygen atoms in total. The maximum absolute atomic E-state index is 6.01. The lowest BCUT2D eigenvalue weighted by atomic mass is 10.1. The quantitative estimate of drug-likeness (QED) is 0.593. The smallest absolute Gasteiger partial charge is 0.246 e. The molecule has 1 saturated carbocycles. The van der Waals surface area contributed by atoms with Crippen LogP contribution < -0.4 is 15.4 Å².